The van der Waals surface area contributed by atoms with Crippen LogP contribution in [-0.4, -0.2) is 58.7 Å². The molecule has 1 aliphatic rings. The highest BCUT2D eigenvalue weighted by atomic mass is 16.3. The van der Waals surface area contributed by atoms with E-state index in [2.05, 4.69) is 10.6 Å². The van der Waals surface area contributed by atoms with Crippen molar-refractivity contribution >= 4 is 5.91 Å². The number of aliphatic hydroxyl groups excluding tert-OH is 3. The quantitative estimate of drug-likeness (QED) is 0.341. The van der Waals surface area contributed by atoms with Crippen LogP contribution in [0, 0.1) is 0 Å². The van der Waals surface area contributed by atoms with E-state index >= 15 is 0 Å². The Balaban J connectivity index is 2.44. The highest BCUT2D eigenvalue weighted by molar-refractivity contribution is 5.72. The summed E-state index contributed by atoms with van der Waals surface area (Å²) < 4.78 is 0. The third-order valence-corrected chi connectivity index (χ3v) is 2.37. The summed E-state index contributed by atoms with van der Waals surface area (Å²) in [7, 11) is 0. The number of carbonyl (C=O) groups excluding carboxylic acids is 1. The van der Waals surface area contributed by atoms with Crippen LogP contribution in [0.1, 0.15) is 6.92 Å². The highest BCUT2D eigenvalue weighted by Gasteiger charge is 2.40. The summed E-state index contributed by atoms with van der Waals surface area (Å²) in [6.07, 6.45) is -1.95. The second kappa shape index (κ2) is 4.70. The Morgan fingerprint density at radius 2 is 1.93 bits per heavy atom. The Morgan fingerprint density at radius 1 is 1.36 bits per heavy atom. The van der Waals surface area contributed by atoms with Gasteiger partial charge in [0.05, 0.1) is 30.9 Å². The molecule has 14 heavy (non-hydrogen) atoms. The summed E-state index contributed by atoms with van der Waals surface area (Å²) in [5.74, 6) is -0.194. The SMILES string of the molecule is CC(=O)NC[C@@H]1N[C@@H](CO)[C@H](O)[C@H]1O. The molecular formula is C8H16N2O4. The third-order valence-electron chi connectivity index (χ3n) is 2.37. The zero-order chi connectivity index (χ0) is 10.7. The van der Waals surface area contributed by atoms with Crippen molar-refractivity contribution in [1.29, 1.82) is 0 Å². The maximum atomic E-state index is 10.6. The molecule has 5 N–H and O–H groups in total. The van der Waals surface area contributed by atoms with Crippen LogP contribution in [0.25, 0.3) is 0 Å². The Hall–Kier alpha value is -0.690. The maximum Gasteiger partial charge on any atom is 0.216 e. The minimum atomic E-state index is -0.987. The molecule has 4 atom stereocenters. The van der Waals surface area contributed by atoms with Crippen LogP contribution in [-0.2, 0) is 4.79 Å². The fourth-order valence-corrected chi connectivity index (χ4v) is 1.54. The van der Waals surface area contributed by atoms with E-state index in [0.29, 0.717) is 0 Å². The first-order valence-electron chi connectivity index (χ1n) is 4.53. The minimum absolute atomic E-state index is 0.194. The van der Waals surface area contributed by atoms with Gasteiger partial charge in [0.25, 0.3) is 0 Å². The summed E-state index contributed by atoms with van der Waals surface area (Å²) in [5, 5.41) is 33.1. The molecule has 0 aromatic carbocycles. The third kappa shape index (κ3) is 2.42. The molecule has 1 amide bonds. The van der Waals surface area contributed by atoms with Crippen molar-refractivity contribution in [3.8, 4) is 0 Å². The highest BCUT2D eigenvalue weighted by Crippen LogP contribution is 2.13. The van der Waals surface area contributed by atoms with E-state index in [0.717, 1.165) is 0 Å². The zero-order valence-corrected chi connectivity index (χ0v) is 7.97. The lowest BCUT2D eigenvalue weighted by Gasteiger charge is -2.15. The Kier molecular flexibility index (Phi) is 3.82. The second-order valence-corrected chi connectivity index (χ2v) is 3.48. The molecule has 0 aliphatic carbocycles. The molecule has 1 heterocycles. The van der Waals surface area contributed by atoms with Gasteiger partial charge in [0.15, 0.2) is 0 Å². The number of hydrogen-bond donors (Lipinski definition) is 5. The lowest BCUT2D eigenvalue weighted by Crippen LogP contribution is -2.43. The molecule has 0 saturated carbocycles. The van der Waals surface area contributed by atoms with Crippen LogP contribution in [0.2, 0.25) is 0 Å². The van der Waals surface area contributed by atoms with Gasteiger partial charge >= 0.3 is 0 Å². The van der Waals surface area contributed by atoms with Gasteiger partial charge in [-0.3, -0.25) is 4.79 Å². The van der Waals surface area contributed by atoms with Crippen molar-refractivity contribution in [2.24, 2.45) is 0 Å². The van der Waals surface area contributed by atoms with Crippen LogP contribution in [0.4, 0.5) is 0 Å². The number of aliphatic hydroxyl groups is 3. The topological polar surface area (TPSA) is 102 Å². The van der Waals surface area contributed by atoms with E-state index in [9.17, 15) is 15.0 Å². The van der Waals surface area contributed by atoms with E-state index < -0.39 is 24.3 Å². The van der Waals surface area contributed by atoms with Gasteiger partial charge in [0, 0.05) is 13.5 Å². The van der Waals surface area contributed by atoms with Crippen molar-refractivity contribution < 1.29 is 20.1 Å². The smallest absolute Gasteiger partial charge is 0.216 e. The number of nitrogens with one attached hydrogen (secondary N) is 2. The van der Waals surface area contributed by atoms with Crippen LogP contribution in [0.5, 0.6) is 0 Å². The average Bonchev–Trinajstić information content (AvgIpc) is 2.41. The van der Waals surface area contributed by atoms with E-state index in [-0.39, 0.29) is 19.1 Å². The molecule has 1 aliphatic heterocycles. The average molecular weight is 204 g/mol. The summed E-state index contributed by atoms with van der Waals surface area (Å²) in [6, 6.07) is -0.935. The van der Waals surface area contributed by atoms with E-state index in [1.807, 2.05) is 0 Å². The largest absolute Gasteiger partial charge is 0.395 e. The summed E-state index contributed by atoms with van der Waals surface area (Å²) in [6.45, 7) is 1.38. The Bertz CT molecular complexity index is 212. The molecule has 82 valence electrons. The van der Waals surface area contributed by atoms with Crippen LogP contribution in [0.3, 0.4) is 0 Å². The zero-order valence-electron chi connectivity index (χ0n) is 7.97. The fraction of sp³-hybridized carbons (Fsp3) is 0.875. The van der Waals surface area contributed by atoms with E-state index in [1.165, 1.54) is 6.92 Å². The van der Waals surface area contributed by atoms with Crippen molar-refractivity contribution in [1.82, 2.24) is 10.6 Å². The lowest BCUT2D eigenvalue weighted by atomic mass is 10.1. The number of hydrogen-bond acceptors (Lipinski definition) is 5. The molecule has 1 saturated heterocycles. The molecule has 0 radical (unpaired) electrons. The molecule has 1 fully saturated rings. The van der Waals surface area contributed by atoms with Gasteiger partial charge in [-0.15, -0.1) is 0 Å². The number of amides is 1. The summed E-state index contributed by atoms with van der Waals surface area (Å²) in [5.41, 5.74) is 0. The second-order valence-electron chi connectivity index (χ2n) is 3.48. The van der Waals surface area contributed by atoms with Gasteiger partial charge in [-0.25, -0.2) is 0 Å². The van der Waals surface area contributed by atoms with Gasteiger partial charge in [-0.2, -0.15) is 0 Å². The Morgan fingerprint density at radius 3 is 2.36 bits per heavy atom. The molecule has 1 rings (SSSR count). The van der Waals surface area contributed by atoms with E-state index in [4.69, 9.17) is 5.11 Å². The Labute approximate surface area is 81.9 Å². The molecule has 6 nitrogen and oxygen atoms in total. The van der Waals surface area contributed by atoms with Crippen LogP contribution >= 0.6 is 0 Å². The molecule has 0 unspecified atom stereocenters. The van der Waals surface area contributed by atoms with Gasteiger partial charge < -0.3 is 26.0 Å². The molecule has 0 aromatic rings. The molecule has 0 bridgehead atoms. The molecule has 0 aromatic heterocycles. The van der Waals surface area contributed by atoms with Gasteiger partial charge in [0.2, 0.25) is 5.91 Å². The van der Waals surface area contributed by atoms with Crippen molar-refractivity contribution in [3.63, 3.8) is 0 Å². The standard InChI is InChI=1S/C8H16N2O4/c1-4(12)9-2-5-7(13)8(14)6(3-11)10-5/h5-8,10-11,13-14H,2-3H2,1H3,(H,9,12)/t5-,6-,7-,8-/m0/s1. The lowest BCUT2D eigenvalue weighted by molar-refractivity contribution is -0.119. The molecule has 6 heteroatoms. The first-order chi connectivity index (χ1) is 6.56. The fourth-order valence-electron chi connectivity index (χ4n) is 1.54. The summed E-state index contributed by atoms with van der Waals surface area (Å²) >= 11 is 0. The van der Waals surface area contributed by atoms with Gasteiger partial charge in [-0.1, -0.05) is 0 Å². The van der Waals surface area contributed by atoms with Crippen molar-refractivity contribution in [2.45, 2.75) is 31.2 Å². The van der Waals surface area contributed by atoms with E-state index in [1.54, 1.807) is 0 Å². The van der Waals surface area contributed by atoms with Crippen LogP contribution < -0.4 is 10.6 Å². The predicted molar refractivity (Wildman–Crippen MR) is 48.5 cm³/mol. The first-order valence-corrected chi connectivity index (χ1v) is 4.53. The van der Waals surface area contributed by atoms with Crippen LogP contribution in [0.15, 0.2) is 0 Å². The van der Waals surface area contributed by atoms with Gasteiger partial charge in [-0.05, 0) is 0 Å². The monoisotopic (exact) mass is 204 g/mol. The predicted octanol–water partition coefficient (Wildman–Crippen LogP) is -2.82. The van der Waals surface area contributed by atoms with Crippen molar-refractivity contribution in [2.75, 3.05) is 13.2 Å². The maximum absolute atomic E-state index is 10.6. The van der Waals surface area contributed by atoms with Gasteiger partial charge in [0.1, 0.15) is 0 Å². The summed E-state index contributed by atoms with van der Waals surface area (Å²) in [4.78, 5) is 10.6. The molecule has 0 spiro atoms. The molecular weight excluding hydrogens is 188 g/mol. The first kappa shape index (κ1) is 11.4. The number of rotatable bonds is 3. The number of carbonyl (C=O) groups is 1. The van der Waals surface area contributed by atoms with Crippen molar-refractivity contribution in [3.05, 3.63) is 0 Å². The minimum Gasteiger partial charge on any atom is -0.395 e. The normalized spacial score (nSPS) is 37.1.